The van der Waals surface area contributed by atoms with Gasteiger partial charge in [0.05, 0.1) is 30.3 Å². The number of morpholine rings is 1. The van der Waals surface area contributed by atoms with Crippen LogP contribution in [0.2, 0.25) is 0 Å². The van der Waals surface area contributed by atoms with Crippen LogP contribution in [0.25, 0.3) is 10.9 Å². The van der Waals surface area contributed by atoms with E-state index in [0.29, 0.717) is 54.3 Å². The number of carbonyl (C=O) groups excluding carboxylic acids is 1. The summed E-state index contributed by atoms with van der Waals surface area (Å²) in [5.41, 5.74) is 1.02. The fourth-order valence-electron chi connectivity index (χ4n) is 3.69. The number of rotatable bonds is 7. The van der Waals surface area contributed by atoms with Crippen molar-refractivity contribution in [3.8, 4) is 5.75 Å². The molecule has 35 heavy (non-hydrogen) atoms. The molecule has 184 valence electrons. The van der Waals surface area contributed by atoms with Crippen molar-refractivity contribution in [2.75, 3.05) is 32.9 Å². The van der Waals surface area contributed by atoms with Gasteiger partial charge < -0.3 is 14.4 Å². The predicted molar refractivity (Wildman–Crippen MR) is 142 cm³/mol. The van der Waals surface area contributed by atoms with Gasteiger partial charge in [0.1, 0.15) is 11.6 Å². The smallest absolute Gasteiger partial charge is 0.282 e. The lowest BCUT2D eigenvalue weighted by atomic mass is 10.1. The molecule has 1 atom stereocenters. The number of hydrogen-bond donors (Lipinski definition) is 0. The van der Waals surface area contributed by atoms with E-state index in [4.69, 9.17) is 14.5 Å². The highest BCUT2D eigenvalue weighted by Crippen LogP contribution is 2.24. The number of amides is 1. The summed E-state index contributed by atoms with van der Waals surface area (Å²) in [7, 11) is 0. The molecule has 8 nitrogen and oxygen atoms in total. The number of ether oxygens (including phenoxy) is 2. The number of halogens is 2. The first-order valence-electron chi connectivity index (χ1n) is 11.4. The van der Waals surface area contributed by atoms with E-state index in [-0.39, 0.29) is 24.0 Å². The van der Waals surface area contributed by atoms with Gasteiger partial charge in [0.25, 0.3) is 11.5 Å². The number of benzene rings is 2. The van der Waals surface area contributed by atoms with E-state index >= 15 is 0 Å². The maximum Gasteiger partial charge on any atom is 0.282 e. The lowest BCUT2D eigenvalue weighted by Gasteiger charge is -2.26. The van der Waals surface area contributed by atoms with Crippen molar-refractivity contribution in [3.05, 3.63) is 67.1 Å². The molecule has 2 heterocycles. The maximum absolute atomic E-state index is 13.4. The van der Waals surface area contributed by atoms with E-state index in [2.05, 4.69) is 37.0 Å². The summed E-state index contributed by atoms with van der Waals surface area (Å²) in [6, 6.07) is 10.9. The third kappa shape index (κ3) is 5.99. The second kappa shape index (κ2) is 11.5. The molecule has 1 saturated heterocycles. The Hall–Kier alpha value is -2.56. The molecule has 0 unspecified atom stereocenters. The second-order valence-corrected chi connectivity index (χ2v) is 10.1. The minimum Gasteiger partial charge on any atom is -0.483 e. The average molecular weight is 606 g/mol. The minimum atomic E-state index is -0.247. The zero-order valence-electron chi connectivity index (χ0n) is 19.5. The fourth-order valence-corrected chi connectivity index (χ4v) is 4.43. The number of carbonyl (C=O) groups is 1. The van der Waals surface area contributed by atoms with E-state index < -0.39 is 0 Å². The van der Waals surface area contributed by atoms with Gasteiger partial charge in [-0.2, -0.15) is 9.78 Å². The molecule has 1 aromatic heterocycles. The molecule has 0 N–H and O–H groups in total. The van der Waals surface area contributed by atoms with E-state index in [1.54, 1.807) is 23.2 Å². The molecule has 1 aliphatic rings. The van der Waals surface area contributed by atoms with Crippen LogP contribution in [0.4, 0.5) is 0 Å². The highest BCUT2D eigenvalue weighted by molar-refractivity contribution is 9.10. The molecule has 0 aliphatic carbocycles. The molecular formula is C25H26Br2N4O4. The van der Waals surface area contributed by atoms with E-state index in [0.717, 1.165) is 15.4 Å². The maximum atomic E-state index is 13.4. The first-order valence-corrected chi connectivity index (χ1v) is 13.0. The minimum absolute atomic E-state index is 0.0253. The van der Waals surface area contributed by atoms with Crippen LogP contribution in [0.15, 0.2) is 55.2 Å². The molecule has 2 aromatic carbocycles. The van der Waals surface area contributed by atoms with Crippen LogP contribution < -0.4 is 10.3 Å². The standard InChI is InChI=1S/C25H26Br2N4O4/c1-3-16(2)24-29-21-6-4-19(27)13-20(21)25(33)31(24)28-14-17-12-18(26)5-7-22(17)35-15-23(32)30-8-10-34-11-9-30/h4-7,12-14,16H,3,8-11,15H2,1-2H3/t16-/m1/s1. The van der Waals surface area contributed by atoms with Crippen LogP contribution >= 0.6 is 31.9 Å². The Bertz CT molecular complexity index is 1320. The van der Waals surface area contributed by atoms with Gasteiger partial charge in [0.2, 0.25) is 0 Å². The van der Waals surface area contributed by atoms with Gasteiger partial charge in [-0.25, -0.2) is 4.98 Å². The van der Waals surface area contributed by atoms with Crippen molar-refractivity contribution in [2.45, 2.75) is 26.2 Å². The van der Waals surface area contributed by atoms with E-state index in [9.17, 15) is 9.59 Å². The van der Waals surface area contributed by atoms with Crippen LogP contribution in [-0.4, -0.2) is 59.6 Å². The molecule has 1 fully saturated rings. The van der Waals surface area contributed by atoms with Gasteiger partial charge in [0.15, 0.2) is 6.61 Å². The van der Waals surface area contributed by atoms with Gasteiger partial charge in [-0.15, -0.1) is 0 Å². The fraction of sp³-hybridized carbons (Fsp3) is 0.360. The van der Waals surface area contributed by atoms with Crippen LogP contribution in [-0.2, 0) is 9.53 Å². The zero-order chi connectivity index (χ0) is 24.9. The van der Waals surface area contributed by atoms with Crippen molar-refractivity contribution < 1.29 is 14.3 Å². The van der Waals surface area contributed by atoms with Crippen molar-refractivity contribution in [1.29, 1.82) is 0 Å². The Morgan fingerprint density at radius 2 is 1.91 bits per heavy atom. The molecule has 0 bridgehead atoms. The first kappa shape index (κ1) is 25.5. The van der Waals surface area contributed by atoms with Crippen molar-refractivity contribution in [1.82, 2.24) is 14.6 Å². The van der Waals surface area contributed by atoms with Gasteiger partial charge in [-0.05, 0) is 42.8 Å². The Morgan fingerprint density at radius 3 is 2.66 bits per heavy atom. The quantitative estimate of drug-likeness (QED) is 0.369. The molecule has 0 saturated carbocycles. The van der Waals surface area contributed by atoms with Gasteiger partial charge in [-0.1, -0.05) is 45.7 Å². The predicted octanol–water partition coefficient (Wildman–Crippen LogP) is 4.55. The molecule has 4 rings (SSSR count). The summed E-state index contributed by atoms with van der Waals surface area (Å²) < 4.78 is 14.1. The highest BCUT2D eigenvalue weighted by Gasteiger charge is 2.18. The Kier molecular flexibility index (Phi) is 8.35. The number of fused-ring (bicyclic) bond motifs is 1. The van der Waals surface area contributed by atoms with Crippen LogP contribution in [0.1, 0.15) is 37.6 Å². The number of nitrogens with zero attached hydrogens (tertiary/aromatic N) is 4. The lowest BCUT2D eigenvalue weighted by Crippen LogP contribution is -2.43. The van der Waals surface area contributed by atoms with Crippen LogP contribution in [0, 0.1) is 0 Å². The third-order valence-corrected chi connectivity index (χ3v) is 6.87. The molecule has 1 aliphatic heterocycles. The Balaban J connectivity index is 1.67. The number of hydrogen-bond acceptors (Lipinski definition) is 6. The van der Waals surface area contributed by atoms with Crippen LogP contribution in [0.3, 0.4) is 0 Å². The summed E-state index contributed by atoms with van der Waals surface area (Å²) >= 11 is 6.91. The topological polar surface area (TPSA) is 86.0 Å². The molecule has 0 spiro atoms. The molecule has 1 amide bonds. The average Bonchev–Trinajstić information content (AvgIpc) is 2.87. The Morgan fingerprint density at radius 1 is 1.20 bits per heavy atom. The number of aromatic nitrogens is 2. The zero-order valence-corrected chi connectivity index (χ0v) is 22.7. The molecular weight excluding hydrogens is 580 g/mol. The largest absolute Gasteiger partial charge is 0.483 e. The van der Waals surface area contributed by atoms with Gasteiger partial charge in [-0.3, -0.25) is 9.59 Å². The van der Waals surface area contributed by atoms with Crippen molar-refractivity contribution >= 4 is 54.9 Å². The Labute approximate surface area is 220 Å². The normalized spacial score (nSPS) is 15.0. The molecule has 10 heteroatoms. The first-order chi connectivity index (χ1) is 16.9. The van der Waals surface area contributed by atoms with Gasteiger partial charge >= 0.3 is 0 Å². The molecule has 0 radical (unpaired) electrons. The summed E-state index contributed by atoms with van der Waals surface area (Å²) in [5, 5.41) is 5.01. The van der Waals surface area contributed by atoms with E-state index in [1.165, 1.54) is 4.68 Å². The van der Waals surface area contributed by atoms with Crippen LogP contribution in [0.5, 0.6) is 5.75 Å². The van der Waals surface area contributed by atoms with E-state index in [1.807, 2.05) is 38.1 Å². The monoisotopic (exact) mass is 604 g/mol. The molecule has 3 aromatic rings. The summed E-state index contributed by atoms with van der Waals surface area (Å²) in [5.74, 6) is 1.01. The third-order valence-electron chi connectivity index (χ3n) is 5.89. The van der Waals surface area contributed by atoms with Crippen molar-refractivity contribution in [2.24, 2.45) is 5.10 Å². The SMILES string of the molecule is CC[C@@H](C)c1nc2ccc(Br)cc2c(=O)n1N=Cc1cc(Br)ccc1OCC(=O)N1CCOCC1. The highest BCUT2D eigenvalue weighted by atomic mass is 79.9. The second-order valence-electron chi connectivity index (χ2n) is 8.27. The summed E-state index contributed by atoms with van der Waals surface area (Å²) in [4.78, 5) is 32.4. The van der Waals surface area contributed by atoms with Crippen molar-refractivity contribution in [3.63, 3.8) is 0 Å². The lowest BCUT2D eigenvalue weighted by molar-refractivity contribution is -0.137. The van der Waals surface area contributed by atoms with Gasteiger partial charge in [0, 0.05) is 33.5 Å². The summed E-state index contributed by atoms with van der Waals surface area (Å²) in [6.45, 7) is 6.15. The summed E-state index contributed by atoms with van der Waals surface area (Å²) in [6.07, 6.45) is 2.37.